The summed E-state index contributed by atoms with van der Waals surface area (Å²) in [5.41, 5.74) is 1.87. The highest BCUT2D eigenvalue weighted by Gasteiger charge is 2.37. The van der Waals surface area contributed by atoms with Gasteiger partial charge in [-0.15, -0.1) is 0 Å². The largest absolute Gasteiger partial charge is 0.490 e. The Balaban J connectivity index is 1.68. The van der Waals surface area contributed by atoms with Crippen molar-refractivity contribution in [1.82, 2.24) is 5.32 Å². The standard InChI is InChI=1S/C27H20BrCl3N2O5/c1-3-37-23-10-15(9-20(28)24(23)38-13-16-5-7-17(29)11-21(16)31)8-19-25(34)32-27(36)33(26(19)35)22-12-18(30)6-4-14(22)2/h4-12H,3,13H2,1-2H3,(H,32,34,36)/b19-8+. The second-order valence-corrected chi connectivity index (χ2v) is 10.3. The molecule has 0 radical (unpaired) electrons. The molecule has 1 heterocycles. The van der Waals surface area contributed by atoms with Crippen LogP contribution in [-0.4, -0.2) is 24.5 Å². The number of carbonyl (C=O) groups excluding carboxylic acids is 3. The van der Waals surface area contributed by atoms with Gasteiger partial charge in [-0.2, -0.15) is 0 Å². The number of hydrogen-bond donors (Lipinski definition) is 1. The number of amides is 4. The van der Waals surface area contributed by atoms with E-state index in [0.717, 1.165) is 10.5 Å². The van der Waals surface area contributed by atoms with Crippen molar-refractivity contribution in [3.8, 4) is 11.5 Å². The van der Waals surface area contributed by atoms with Crippen LogP contribution in [0.1, 0.15) is 23.6 Å². The number of anilines is 1. The van der Waals surface area contributed by atoms with Crippen LogP contribution in [0.4, 0.5) is 10.5 Å². The molecule has 0 aliphatic carbocycles. The Morgan fingerprint density at radius 2 is 1.68 bits per heavy atom. The molecule has 38 heavy (non-hydrogen) atoms. The molecular formula is C27H20BrCl3N2O5. The zero-order valence-electron chi connectivity index (χ0n) is 20.1. The van der Waals surface area contributed by atoms with Crippen molar-refractivity contribution >= 4 is 80.3 Å². The van der Waals surface area contributed by atoms with Crippen LogP contribution in [0.25, 0.3) is 6.08 Å². The van der Waals surface area contributed by atoms with Gasteiger partial charge in [0.1, 0.15) is 12.2 Å². The predicted molar refractivity (Wildman–Crippen MR) is 151 cm³/mol. The lowest BCUT2D eigenvalue weighted by molar-refractivity contribution is -0.122. The molecule has 1 aliphatic rings. The van der Waals surface area contributed by atoms with Crippen LogP contribution in [-0.2, 0) is 16.2 Å². The number of barbiturate groups is 1. The molecule has 1 N–H and O–H groups in total. The van der Waals surface area contributed by atoms with Gasteiger partial charge in [0, 0.05) is 20.6 Å². The maximum Gasteiger partial charge on any atom is 0.335 e. The van der Waals surface area contributed by atoms with Gasteiger partial charge in [0.25, 0.3) is 11.8 Å². The van der Waals surface area contributed by atoms with E-state index in [0.29, 0.717) is 48.8 Å². The number of rotatable bonds is 7. The van der Waals surface area contributed by atoms with Gasteiger partial charge >= 0.3 is 6.03 Å². The number of ether oxygens (including phenoxy) is 2. The number of aryl methyl sites for hydroxylation is 1. The summed E-state index contributed by atoms with van der Waals surface area (Å²) in [5, 5.41) is 3.53. The van der Waals surface area contributed by atoms with Crippen molar-refractivity contribution in [3.05, 3.63) is 90.3 Å². The third-order valence-corrected chi connectivity index (χ3v) is 6.95. The summed E-state index contributed by atoms with van der Waals surface area (Å²) in [6.07, 6.45) is 1.38. The molecule has 0 saturated carbocycles. The smallest absolute Gasteiger partial charge is 0.335 e. The van der Waals surface area contributed by atoms with Crippen LogP contribution in [0.5, 0.6) is 11.5 Å². The van der Waals surface area contributed by atoms with Crippen molar-refractivity contribution in [3.63, 3.8) is 0 Å². The number of urea groups is 1. The zero-order chi connectivity index (χ0) is 27.6. The first-order chi connectivity index (χ1) is 18.1. The minimum Gasteiger partial charge on any atom is -0.490 e. The van der Waals surface area contributed by atoms with Gasteiger partial charge in [-0.05, 0) is 83.4 Å². The molecule has 7 nitrogen and oxygen atoms in total. The van der Waals surface area contributed by atoms with E-state index >= 15 is 0 Å². The predicted octanol–water partition coefficient (Wildman–Crippen LogP) is 7.36. The van der Waals surface area contributed by atoms with Gasteiger partial charge < -0.3 is 9.47 Å². The van der Waals surface area contributed by atoms with E-state index in [1.165, 1.54) is 12.1 Å². The highest BCUT2D eigenvalue weighted by molar-refractivity contribution is 9.10. The topological polar surface area (TPSA) is 84.9 Å². The summed E-state index contributed by atoms with van der Waals surface area (Å²) in [7, 11) is 0. The van der Waals surface area contributed by atoms with E-state index in [2.05, 4.69) is 21.2 Å². The Morgan fingerprint density at radius 3 is 2.39 bits per heavy atom. The molecule has 0 bridgehead atoms. The molecule has 4 rings (SSSR count). The fraction of sp³-hybridized carbons (Fsp3) is 0.148. The van der Waals surface area contributed by atoms with Crippen molar-refractivity contribution in [2.45, 2.75) is 20.5 Å². The van der Waals surface area contributed by atoms with Crippen LogP contribution < -0.4 is 19.7 Å². The van der Waals surface area contributed by atoms with Crippen LogP contribution in [0.3, 0.4) is 0 Å². The van der Waals surface area contributed by atoms with Crippen LogP contribution in [0.15, 0.2) is 58.6 Å². The quantitative estimate of drug-likeness (QED) is 0.216. The summed E-state index contributed by atoms with van der Waals surface area (Å²) in [5.74, 6) is -0.814. The second kappa shape index (κ2) is 11.8. The third-order valence-electron chi connectivity index (χ3n) is 5.54. The number of hydrogen-bond acceptors (Lipinski definition) is 5. The maximum atomic E-state index is 13.3. The van der Waals surface area contributed by atoms with Crippen molar-refractivity contribution < 1.29 is 23.9 Å². The lowest BCUT2D eigenvalue weighted by Crippen LogP contribution is -2.54. The Bertz CT molecular complexity index is 1490. The summed E-state index contributed by atoms with van der Waals surface area (Å²) in [4.78, 5) is 39.5. The molecule has 11 heteroatoms. The summed E-state index contributed by atoms with van der Waals surface area (Å²) in [6.45, 7) is 4.02. The fourth-order valence-electron chi connectivity index (χ4n) is 3.73. The Hall–Kier alpha value is -3.04. The number of carbonyl (C=O) groups is 3. The Labute approximate surface area is 242 Å². The number of nitrogens with zero attached hydrogens (tertiary/aromatic N) is 1. The van der Waals surface area contributed by atoms with Gasteiger partial charge in [-0.25, -0.2) is 9.69 Å². The summed E-state index contributed by atoms with van der Waals surface area (Å²) >= 11 is 21.8. The van der Waals surface area contributed by atoms with E-state index < -0.39 is 17.8 Å². The minimum absolute atomic E-state index is 0.145. The van der Waals surface area contributed by atoms with E-state index in [1.807, 2.05) is 6.92 Å². The molecule has 0 spiro atoms. The fourth-order valence-corrected chi connectivity index (χ4v) is 4.93. The third kappa shape index (κ3) is 5.99. The van der Waals surface area contributed by atoms with E-state index in [9.17, 15) is 14.4 Å². The average molecular weight is 639 g/mol. The zero-order valence-corrected chi connectivity index (χ0v) is 24.0. The van der Waals surface area contributed by atoms with Gasteiger partial charge in [-0.3, -0.25) is 14.9 Å². The molecule has 0 unspecified atom stereocenters. The van der Waals surface area contributed by atoms with Gasteiger partial charge in [0.05, 0.1) is 16.8 Å². The molecule has 1 fully saturated rings. The monoisotopic (exact) mass is 636 g/mol. The second-order valence-electron chi connectivity index (χ2n) is 8.18. The summed E-state index contributed by atoms with van der Waals surface area (Å²) in [6, 6.07) is 12.4. The SMILES string of the molecule is CCOc1cc(/C=C2\C(=O)NC(=O)N(c3cc(Cl)ccc3C)C2=O)cc(Br)c1OCc1ccc(Cl)cc1Cl. The molecule has 3 aromatic rings. The van der Waals surface area contributed by atoms with Gasteiger partial charge in [0.15, 0.2) is 11.5 Å². The first-order valence-electron chi connectivity index (χ1n) is 11.3. The minimum atomic E-state index is -0.858. The van der Waals surface area contributed by atoms with E-state index in [4.69, 9.17) is 44.3 Å². The highest BCUT2D eigenvalue weighted by atomic mass is 79.9. The molecule has 0 aromatic heterocycles. The van der Waals surface area contributed by atoms with Crippen molar-refractivity contribution in [2.75, 3.05) is 11.5 Å². The van der Waals surface area contributed by atoms with Gasteiger partial charge in [-0.1, -0.05) is 46.9 Å². The summed E-state index contributed by atoms with van der Waals surface area (Å²) < 4.78 is 12.3. The molecule has 196 valence electrons. The molecule has 3 aromatic carbocycles. The molecule has 0 atom stereocenters. The Morgan fingerprint density at radius 1 is 0.974 bits per heavy atom. The lowest BCUT2D eigenvalue weighted by Gasteiger charge is -2.27. The molecular weight excluding hydrogens is 619 g/mol. The van der Waals surface area contributed by atoms with E-state index in [-0.39, 0.29) is 17.9 Å². The molecule has 1 saturated heterocycles. The maximum absolute atomic E-state index is 13.3. The van der Waals surface area contributed by atoms with Crippen LogP contribution in [0, 0.1) is 6.92 Å². The van der Waals surface area contributed by atoms with Crippen molar-refractivity contribution in [2.24, 2.45) is 0 Å². The number of nitrogens with one attached hydrogen (secondary N) is 1. The van der Waals surface area contributed by atoms with Crippen LogP contribution in [0.2, 0.25) is 15.1 Å². The molecule has 4 amide bonds. The first kappa shape index (κ1) is 28.0. The molecule has 1 aliphatic heterocycles. The normalized spacial score (nSPS) is 14.6. The highest BCUT2D eigenvalue weighted by Crippen LogP contribution is 2.39. The first-order valence-corrected chi connectivity index (χ1v) is 13.2. The van der Waals surface area contributed by atoms with E-state index in [1.54, 1.807) is 49.4 Å². The Kier molecular flexibility index (Phi) is 8.67. The van der Waals surface area contributed by atoms with Gasteiger partial charge in [0.2, 0.25) is 0 Å². The van der Waals surface area contributed by atoms with Crippen molar-refractivity contribution in [1.29, 1.82) is 0 Å². The number of halogens is 4. The number of imide groups is 2. The lowest BCUT2D eigenvalue weighted by atomic mass is 10.1. The number of benzene rings is 3. The average Bonchev–Trinajstić information content (AvgIpc) is 2.84. The van der Waals surface area contributed by atoms with Crippen LogP contribution >= 0.6 is 50.7 Å².